The van der Waals surface area contributed by atoms with E-state index in [-0.39, 0.29) is 22.9 Å². The molecule has 0 saturated heterocycles. The van der Waals surface area contributed by atoms with Crippen LogP contribution < -0.4 is 4.74 Å². The smallest absolute Gasteiger partial charge is 0.337 e. The van der Waals surface area contributed by atoms with E-state index in [1.165, 1.54) is 0 Å². The van der Waals surface area contributed by atoms with Gasteiger partial charge in [0, 0.05) is 0 Å². The largest absolute Gasteiger partial charge is 0.495 e. The van der Waals surface area contributed by atoms with Crippen LogP contribution in [0.25, 0.3) is 0 Å². The predicted octanol–water partition coefficient (Wildman–Crippen LogP) is 2.46. The zero-order valence-electron chi connectivity index (χ0n) is 8.21. The highest BCUT2D eigenvalue weighted by Gasteiger charge is 2.21. The third-order valence-electron chi connectivity index (χ3n) is 1.88. The molecule has 0 amide bonds. The fraction of sp³-hybridized carbons (Fsp3) is 0.333. The first kappa shape index (κ1) is 12.6. The summed E-state index contributed by atoms with van der Waals surface area (Å²) >= 11 is 5.44. The van der Waals surface area contributed by atoms with Gasteiger partial charge in [-0.25, -0.2) is 18.6 Å². The quantitative estimate of drug-likeness (QED) is 0.835. The van der Waals surface area contributed by atoms with Crippen LogP contribution in [0.1, 0.15) is 28.2 Å². The standard InChI is InChI=1S/C9H8ClF2NO3/c1-16-6-2-4(9(14)15)5(3-10)13-7(6)8(11)12/h2,8H,3H2,1H3,(H,14,15). The maximum Gasteiger partial charge on any atom is 0.337 e. The van der Waals surface area contributed by atoms with E-state index in [0.29, 0.717) is 0 Å². The van der Waals surface area contributed by atoms with E-state index in [1.807, 2.05) is 0 Å². The summed E-state index contributed by atoms with van der Waals surface area (Å²) < 4.78 is 29.7. The molecule has 0 fully saturated rings. The number of carbonyl (C=O) groups is 1. The number of carboxylic acid groups (broad SMARTS) is 1. The van der Waals surface area contributed by atoms with Crippen LogP contribution in [0.2, 0.25) is 0 Å². The highest BCUT2D eigenvalue weighted by atomic mass is 35.5. The molecule has 1 heterocycles. The zero-order valence-corrected chi connectivity index (χ0v) is 8.96. The number of rotatable bonds is 4. The van der Waals surface area contributed by atoms with Gasteiger partial charge in [0.25, 0.3) is 6.43 Å². The van der Waals surface area contributed by atoms with Gasteiger partial charge in [0.1, 0.15) is 11.4 Å². The van der Waals surface area contributed by atoms with Crippen molar-refractivity contribution in [3.63, 3.8) is 0 Å². The highest BCUT2D eigenvalue weighted by Crippen LogP contribution is 2.29. The molecule has 0 atom stereocenters. The summed E-state index contributed by atoms with van der Waals surface area (Å²) in [7, 11) is 1.16. The zero-order chi connectivity index (χ0) is 12.3. The second-order valence-electron chi connectivity index (χ2n) is 2.81. The van der Waals surface area contributed by atoms with Crippen molar-refractivity contribution < 1.29 is 23.4 Å². The monoisotopic (exact) mass is 251 g/mol. The van der Waals surface area contributed by atoms with Crippen LogP contribution in [0.5, 0.6) is 5.75 Å². The molecule has 1 rings (SSSR count). The molecule has 16 heavy (non-hydrogen) atoms. The fourth-order valence-electron chi connectivity index (χ4n) is 1.16. The number of pyridine rings is 1. The molecule has 0 unspecified atom stereocenters. The van der Waals surface area contributed by atoms with Gasteiger partial charge in [-0.05, 0) is 6.07 Å². The van der Waals surface area contributed by atoms with Crippen molar-refractivity contribution in [1.82, 2.24) is 4.98 Å². The third kappa shape index (κ3) is 2.38. The normalized spacial score (nSPS) is 10.6. The number of carboxylic acids is 1. The summed E-state index contributed by atoms with van der Waals surface area (Å²) in [4.78, 5) is 14.3. The molecule has 1 aromatic heterocycles. The summed E-state index contributed by atoms with van der Waals surface area (Å²) in [6.45, 7) is 0. The van der Waals surface area contributed by atoms with Crippen LogP contribution in [0.15, 0.2) is 6.07 Å². The van der Waals surface area contributed by atoms with Crippen molar-refractivity contribution in [3.05, 3.63) is 23.0 Å². The fourth-order valence-corrected chi connectivity index (χ4v) is 1.36. The van der Waals surface area contributed by atoms with Crippen molar-refractivity contribution >= 4 is 17.6 Å². The molecule has 0 aromatic carbocycles. The van der Waals surface area contributed by atoms with E-state index < -0.39 is 18.1 Å². The Morgan fingerprint density at radius 1 is 1.69 bits per heavy atom. The maximum atomic E-state index is 12.5. The molecule has 0 radical (unpaired) electrons. The molecule has 0 aliphatic carbocycles. The second-order valence-corrected chi connectivity index (χ2v) is 3.08. The van der Waals surface area contributed by atoms with Gasteiger partial charge in [0.05, 0.1) is 24.2 Å². The Balaban J connectivity index is 3.40. The lowest BCUT2D eigenvalue weighted by Crippen LogP contribution is -2.08. The molecule has 0 spiro atoms. The summed E-state index contributed by atoms with van der Waals surface area (Å²) in [6, 6.07) is 0.995. The van der Waals surface area contributed by atoms with Gasteiger partial charge in [0.2, 0.25) is 0 Å². The molecule has 0 aliphatic heterocycles. The van der Waals surface area contributed by atoms with Crippen molar-refractivity contribution in [1.29, 1.82) is 0 Å². The molecule has 0 saturated carbocycles. The maximum absolute atomic E-state index is 12.5. The first-order valence-corrected chi connectivity index (χ1v) is 4.70. The number of methoxy groups -OCH3 is 1. The van der Waals surface area contributed by atoms with Crippen LogP contribution >= 0.6 is 11.6 Å². The Kier molecular flexibility index (Phi) is 4.00. The number of aromatic nitrogens is 1. The summed E-state index contributed by atoms with van der Waals surface area (Å²) in [5, 5.41) is 8.80. The van der Waals surface area contributed by atoms with Gasteiger partial charge < -0.3 is 9.84 Å². The van der Waals surface area contributed by atoms with Crippen LogP contribution in [0.4, 0.5) is 8.78 Å². The lowest BCUT2D eigenvalue weighted by atomic mass is 10.1. The Morgan fingerprint density at radius 2 is 2.31 bits per heavy atom. The number of nitrogens with zero attached hydrogens (tertiary/aromatic N) is 1. The average Bonchev–Trinajstić information content (AvgIpc) is 2.26. The SMILES string of the molecule is COc1cc(C(=O)O)c(CCl)nc1C(F)F. The third-order valence-corrected chi connectivity index (χ3v) is 2.13. The van der Waals surface area contributed by atoms with Gasteiger partial charge in [-0.15, -0.1) is 11.6 Å². The van der Waals surface area contributed by atoms with E-state index in [0.717, 1.165) is 13.2 Å². The molecule has 4 nitrogen and oxygen atoms in total. The van der Waals surface area contributed by atoms with E-state index in [4.69, 9.17) is 16.7 Å². The Morgan fingerprint density at radius 3 is 2.69 bits per heavy atom. The van der Waals surface area contributed by atoms with Gasteiger partial charge in [0.15, 0.2) is 0 Å². The number of hydrogen-bond donors (Lipinski definition) is 1. The van der Waals surface area contributed by atoms with E-state index >= 15 is 0 Å². The number of aromatic carboxylic acids is 1. The number of hydrogen-bond acceptors (Lipinski definition) is 3. The molecule has 0 aliphatic rings. The topological polar surface area (TPSA) is 59.4 Å². The number of alkyl halides is 3. The minimum absolute atomic E-state index is 0.106. The van der Waals surface area contributed by atoms with E-state index in [1.54, 1.807) is 0 Å². The van der Waals surface area contributed by atoms with Crippen LogP contribution in [0.3, 0.4) is 0 Å². The van der Waals surface area contributed by atoms with Crippen molar-refractivity contribution in [3.8, 4) is 5.75 Å². The van der Waals surface area contributed by atoms with Gasteiger partial charge in [-0.1, -0.05) is 0 Å². The predicted molar refractivity (Wildman–Crippen MR) is 52.3 cm³/mol. The van der Waals surface area contributed by atoms with Crippen molar-refractivity contribution in [2.45, 2.75) is 12.3 Å². The molecule has 1 aromatic rings. The van der Waals surface area contributed by atoms with Crippen LogP contribution in [-0.2, 0) is 5.88 Å². The summed E-state index contributed by atoms with van der Waals surface area (Å²) in [5.41, 5.74) is -0.954. The lowest BCUT2D eigenvalue weighted by Gasteiger charge is -2.10. The van der Waals surface area contributed by atoms with Crippen molar-refractivity contribution in [2.75, 3.05) is 7.11 Å². The minimum atomic E-state index is -2.85. The highest BCUT2D eigenvalue weighted by molar-refractivity contribution is 6.17. The van der Waals surface area contributed by atoms with E-state index in [9.17, 15) is 13.6 Å². The Labute approximate surface area is 94.8 Å². The van der Waals surface area contributed by atoms with E-state index in [2.05, 4.69) is 9.72 Å². The van der Waals surface area contributed by atoms with Crippen LogP contribution in [-0.4, -0.2) is 23.2 Å². The molecular formula is C9H8ClF2NO3. The average molecular weight is 252 g/mol. The number of ether oxygens (including phenoxy) is 1. The first-order chi connectivity index (χ1) is 7.51. The molecule has 1 N–H and O–H groups in total. The van der Waals surface area contributed by atoms with Gasteiger partial charge in [-0.3, -0.25) is 0 Å². The minimum Gasteiger partial charge on any atom is -0.495 e. The van der Waals surface area contributed by atoms with Gasteiger partial charge in [-0.2, -0.15) is 0 Å². The van der Waals surface area contributed by atoms with Crippen LogP contribution in [0, 0.1) is 0 Å². The molecule has 0 bridgehead atoms. The van der Waals surface area contributed by atoms with Gasteiger partial charge >= 0.3 is 5.97 Å². The summed E-state index contributed by atoms with van der Waals surface area (Å²) in [5.74, 6) is -1.81. The first-order valence-electron chi connectivity index (χ1n) is 4.16. The van der Waals surface area contributed by atoms with Crippen molar-refractivity contribution in [2.24, 2.45) is 0 Å². The molecule has 7 heteroatoms. The summed E-state index contributed by atoms with van der Waals surface area (Å²) in [6.07, 6.45) is -2.85. The number of halogens is 3. The molecular weight excluding hydrogens is 244 g/mol. The second kappa shape index (κ2) is 5.07. The Bertz CT molecular complexity index is 412. The molecule has 88 valence electrons. The Hall–Kier alpha value is -1.43. The lowest BCUT2D eigenvalue weighted by molar-refractivity contribution is 0.0693.